The van der Waals surface area contributed by atoms with Gasteiger partial charge in [-0.1, -0.05) is 29.0 Å². The Bertz CT molecular complexity index is 541. The van der Waals surface area contributed by atoms with E-state index in [0.717, 1.165) is 39.1 Å². The van der Waals surface area contributed by atoms with Gasteiger partial charge in [-0.25, -0.2) is 4.98 Å². The number of benzene rings is 1. The lowest BCUT2D eigenvalue weighted by molar-refractivity contribution is 0.685. The van der Waals surface area contributed by atoms with Gasteiger partial charge in [-0.15, -0.1) is 0 Å². The SMILES string of the molecule is CS(=O)CCCNc1nc2cccc(Cl)c2s1. The van der Waals surface area contributed by atoms with Crippen molar-refractivity contribution in [3.63, 3.8) is 0 Å². The second kappa shape index (κ2) is 5.80. The molecule has 0 aliphatic heterocycles. The predicted octanol–water partition coefficient (Wildman–Crippen LogP) is 3.13. The number of hydrogen-bond acceptors (Lipinski definition) is 4. The summed E-state index contributed by atoms with van der Waals surface area (Å²) in [6.07, 6.45) is 2.60. The van der Waals surface area contributed by atoms with Crippen molar-refractivity contribution >= 4 is 49.1 Å². The maximum Gasteiger partial charge on any atom is 0.183 e. The lowest BCUT2D eigenvalue weighted by atomic mass is 10.3. The first kappa shape index (κ1) is 12.8. The van der Waals surface area contributed by atoms with E-state index < -0.39 is 10.8 Å². The minimum Gasteiger partial charge on any atom is -0.361 e. The van der Waals surface area contributed by atoms with Crippen LogP contribution < -0.4 is 5.32 Å². The van der Waals surface area contributed by atoms with Gasteiger partial charge in [-0.3, -0.25) is 4.21 Å². The Kier molecular flexibility index (Phi) is 4.36. The van der Waals surface area contributed by atoms with Crippen molar-refractivity contribution < 1.29 is 4.21 Å². The third-order valence-corrected chi connectivity index (χ3v) is 4.60. The van der Waals surface area contributed by atoms with Crippen LogP contribution in [-0.2, 0) is 10.8 Å². The Morgan fingerprint density at radius 1 is 1.53 bits per heavy atom. The average Bonchev–Trinajstić information content (AvgIpc) is 2.69. The Balaban J connectivity index is 2.00. The number of anilines is 1. The molecule has 0 saturated heterocycles. The second-order valence-corrected chi connectivity index (χ2v) is 6.63. The van der Waals surface area contributed by atoms with Crippen molar-refractivity contribution in [3.8, 4) is 0 Å². The van der Waals surface area contributed by atoms with E-state index in [4.69, 9.17) is 11.6 Å². The molecule has 0 radical (unpaired) electrons. The summed E-state index contributed by atoms with van der Waals surface area (Å²) in [7, 11) is -0.720. The topological polar surface area (TPSA) is 42.0 Å². The van der Waals surface area contributed by atoms with E-state index in [0.29, 0.717) is 0 Å². The predicted molar refractivity (Wildman–Crippen MR) is 76.7 cm³/mol. The van der Waals surface area contributed by atoms with Crippen LogP contribution in [0.15, 0.2) is 18.2 Å². The van der Waals surface area contributed by atoms with Crippen molar-refractivity contribution in [2.75, 3.05) is 23.9 Å². The van der Waals surface area contributed by atoms with Gasteiger partial charge >= 0.3 is 0 Å². The van der Waals surface area contributed by atoms with Crippen LogP contribution in [0.25, 0.3) is 10.2 Å². The van der Waals surface area contributed by atoms with Crippen LogP contribution in [0.3, 0.4) is 0 Å². The van der Waals surface area contributed by atoms with Crippen LogP contribution in [0.4, 0.5) is 5.13 Å². The monoisotopic (exact) mass is 288 g/mol. The molecule has 1 unspecified atom stereocenters. The number of thiazole rings is 1. The van der Waals surface area contributed by atoms with Crippen molar-refractivity contribution in [1.29, 1.82) is 0 Å². The molecule has 1 atom stereocenters. The fraction of sp³-hybridized carbons (Fsp3) is 0.364. The minimum absolute atomic E-state index is 0.720. The molecule has 0 aliphatic rings. The summed E-state index contributed by atoms with van der Waals surface area (Å²) in [4.78, 5) is 4.44. The Labute approximate surface area is 112 Å². The molecule has 3 nitrogen and oxygen atoms in total. The lowest BCUT2D eigenvalue weighted by Crippen LogP contribution is -2.05. The molecule has 1 aromatic carbocycles. The summed E-state index contributed by atoms with van der Waals surface area (Å²) in [6.45, 7) is 0.789. The van der Waals surface area contributed by atoms with E-state index in [1.165, 1.54) is 0 Å². The van der Waals surface area contributed by atoms with Crippen molar-refractivity contribution in [2.24, 2.45) is 0 Å². The van der Waals surface area contributed by atoms with Crippen molar-refractivity contribution in [3.05, 3.63) is 23.2 Å². The van der Waals surface area contributed by atoms with Gasteiger partial charge in [0.1, 0.15) is 0 Å². The molecule has 1 heterocycles. The van der Waals surface area contributed by atoms with Gasteiger partial charge in [0.05, 0.1) is 15.2 Å². The summed E-state index contributed by atoms with van der Waals surface area (Å²) < 4.78 is 11.9. The Hall–Kier alpha value is -0.650. The molecule has 6 heteroatoms. The Morgan fingerprint density at radius 2 is 2.35 bits per heavy atom. The largest absolute Gasteiger partial charge is 0.361 e. The third-order valence-electron chi connectivity index (χ3n) is 2.25. The van der Waals surface area contributed by atoms with Gasteiger partial charge in [-0.05, 0) is 18.6 Å². The Morgan fingerprint density at radius 3 is 3.06 bits per heavy atom. The van der Waals surface area contributed by atoms with E-state index in [2.05, 4.69) is 10.3 Å². The van der Waals surface area contributed by atoms with E-state index in [-0.39, 0.29) is 0 Å². The molecule has 1 aromatic heterocycles. The number of aromatic nitrogens is 1. The molecule has 0 bridgehead atoms. The molecule has 17 heavy (non-hydrogen) atoms. The molecular formula is C11H13ClN2OS2. The van der Waals surface area contributed by atoms with Crippen LogP contribution in [0.1, 0.15) is 6.42 Å². The normalized spacial score (nSPS) is 12.8. The molecule has 0 saturated carbocycles. The summed E-state index contributed by atoms with van der Waals surface area (Å²) in [5.41, 5.74) is 0.920. The zero-order chi connectivity index (χ0) is 12.3. The molecule has 0 aliphatic carbocycles. The van der Waals surface area contributed by atoms with E-state index in [9.17, 15) is 4.21 Å². The summed E-state index contributed by atoms with van der Waals surface area (Å²) >= 11 is 7.63. The van der Waals surface area contributed by atoms with Crippen LogP contribution in [0.5, 0.6) is 0 Å². The first-order valence-corrected chi connectivity index (χ1v) is 8.18. The van der Waals surface area contributed by atoms with Crippen LogP contribution in [0.2, 0.25) is 5.02 Å². The molecule has 2 aromatic rings. The number of nitrogens with one attached hydrogen (secondary N) is 1. The number of rotatable bonds is 5. The van der Waals surface area contributed by atoms with Gasteiger partial charge < -0.3 is 5.32 Å². The van der Waals surface area contributed by atoms with Crippen molar-refractivity contribution in [1.82, 2.24) is 4.98 Å². The fourth-order valence-electron chi connectivity index (χ4n) is 1.46. The van der Waals surface area contributed by atoms with E-state index in [1.54, 1.807) is 17.6 Å². The first-order chi connectivity index (χ1) is 8.16. The van der Waals surface area contributed by atoms with Crippen LogP contribution in [-0.4, -0.2) is 27.7 Å². The van der Waals surface area contributed by atoms with Gasteiger partial charge in [0.2, 0.25) is 0 Å². The maximum absolute atomic E-state index is 10.9. The zero-order valence-electron chi connectivity index (χ0n) is 9.40. The summed E-state index contributed by atoms with van der Waals surface area (Å²) in [6, 6.07) is 5.71. The minimum atomic E-state index is -0.720. The average molecular weight is 289 g/mol. The van der Waals surface area contributed by atoms with Crippen molar-refractivity contribution in [2.45, 2.75) is 6.42 Å². The number of hydrogen-bond donors (Lipinski definition) is 1. The molecule has 1 N–H and O–H groups in total. The zero-order valence-corrected chi connectivity index (χ0v) is 11.8. The van der Waals surface area contributed by atoms with Crippen LogP contribution in [0, 0.1) is 0 Å². The molecule has 0 amide bonds. The second-order valence-electron chi connectivity index (χ2n) is 3.66. The highest BCUT2D eigenvalue weighted by Crippen LogP contribution is 2.31. The number of nitrogens with zero attached hydrogens (tertiary/aromatic N) is 1. The van der Waals surface area contributed by atoms with E-state index in [1.807, 2.05) is 18.2 Å². The molecule has 0 fully saturated rings. The summed E-state index contributed by atoms with van der Waals surface area (Å²) in [5.74, 6) is 0.721. The highest BCUT2D eigenvalue weighted by molar-refractivity contribution is 7.84. The number of fused-ring (bicyclic) bond motifs is 1. The van der Waals surface area contributed by atoms with Crippen LogP contribution >= 0.6 is 22.9 Å². The number of halogens is 1. The molecule has 2 rings (SSSR count). The quantitative estimate of drug-likeness (QED) is 0.860. The highest BCUT2D eigenvalue weighted by Gasteiger charge is 2.05. The van der Waals surface area contributed by atoms with Gasteiger partial charge in [0.25, 0.3) is 0 Å². The highest BCUT2D eigenvalue weighted by atomic mass is 35.5. The van der Waals surface area contributed by atoms with Gasteiger partial charge in [0, 0.05) is 29.4 Å². The van der Waals surface area contributed by atoms with E-state index >= 15 is 0 Å². The maximum atomic E-state index is 10.9. The third kappa shape index (κ3) is 3.40. The summed E-state index contributed by atoms with van der Waals surface area (Å²) in [5, 5.41) is 4.84. The molecular weight excluding hydrogens is 276 g/mol. The standard InChI is InChI=1S/C11H13ClN2OS2/c1-17(15)7-3-6-13-11-14-9-5-2-4-8(12)10(9)16-11/h2,4-5H,3,6-7H2,1H3,(H,13,14). The van der Waals surface area contributed by atoms with Gasteiger partial charge in [-0.2, -0.15) is 0 Å². The fourth-order valence-corrected chi connectivity index (χ4v) is 3.19. The molecule has 92 valence electrons. The first-order valence-electron chi connectivity index (χ1n) is 5.26. The lowest BCUT2D eigenvalue weighted by Gasteiger charge is -1.99. The van der Waals surface area contributed by atoms with Gasteiger partial charge in [0.15, 0.2) is 5.13 Å². The smallest absolute Gasteiger partial charge is 0.183 e. The molecule has 0 spiro atoms.